The van der Waals surface area contributed by atoms with Gasteiger partial charge in [-0.15, -0.1) is 0 Å². The molecule has 0 aromatic carbocycles. The second-order valence-corrected chi connectivity index (χ2v) is 14.2. The first-order valence-electron chi connectivity index (χ1n) is 20.4. The smallest absolute Gasteiger partial charge is 0.127 e. The van der Waals surface area contributed by atoms with E-state index in [0.29, 0.717) is 0 Å². The molecule has 270 valence electrons. The van der Waals surface area contributed by atoms with E-state index in [-0.39, 0.29) is 6.10 Å². The molecular weight excluding hydrogens is 560 g/mol. The third kappa shape index (κ3) is 37.1. The van der Waals surface area contributed by atoms with Crippen LogP contribution in [0.2, 0.25) is 0 Å². The molecule has 0 aliphatic carbocycles. The van der Waals surface area contributed by atoms with Crippen LogP contribution < -0.4 is 0 Å². The summed E-state index contributed by atoms with van der Waals surface area (Å²) in [7, 11) is 4.24. The summed E-state index contributed by atoms with van der Waals surface area (Å²) in [5.41, 5.74) is 1.12. The third-order valence-corrected chi connectivity index (χ3v) is 9.04. The SMILES string of the molecule is CCCCC/C=C\C/C=C\CCCCCCCCC(CCCCCCCC/C=C\CCCCCCCC)O/N=C(\C)CCN(C)C. The fourth-order valence-corrected chi connectivity index (χ4v) is 5.83. The molecule has 1 atom stereocenters. The molecule has 0 aromatic heterocycles. The van der Waals surface area contributed by atoms with Crippen LogP contribution in [-0.4, -0.2) is 37.4 Å². The van der Waals surface area contributed by atoms with Crippen LogP contribution in [0.25, 0.3) is 0 Å². The van der Waals surface area contributed by atoms with E-state index in [1.807, 2.05) is 0 Å². The Morgan fingerprint density at radius 1 is 0.522 bits per heavy atom. The number of oxime groups is 1. The zero-order valence-electron chi connectivity index (χ0n) is 32.1. The van der Waals surface area contributed by atoms with Crippen molar-refractivity contribution >= 4 is 5.71 Å². The summed E-state index contributed by atoms with van der Waals surface area (Å²) in [4.78, 5) is 8.35. The van der Waals surface area contributed by atoms with E-state index in [2.05, 4.69) is 81.4 Å². The number of unbranched alkanes of at least 4 members (excludes halogenated alkanes) is 21. The molecule has 0 fully saturated rings. The summed E-state index contributed by atoms with van der Waals surface area (Å²) < 4.78 is 0. The van der Waals surface area contributed by atoms with E-state index < -0.39 is 0 Å². The minimum atomic E-state index is 0.289. The molecule has 0 saturated carbocycles. The minimum absolute atomic E-state index is 0.289. The summed E-state index contributed by atoms with van der Waals surface area (Å²) in [5, 5.41) is 4.55. The molecule has 0 amide bonds. The van der Waals surface area contributed by atoms with E-state index >= 15 is 0 Å². The van der Waals surface area contributed by atoms with Crippen LogP contribution in [0.4, 0.5) is 0 Å². The summed E-state index contributed by atoms with van der Waals surface area (Å²) in [6, 6.07) is 0. The standard InChI is InChI=1S/C43H82N2O/c1-6-8-10-12-14-16-18-20-22-24-26-28-30-32-34-36-38-43(46-44-42(3)40-41-45(4)5)39-37-35-33-31-29-27-25-23-21-19-17-15-13-11-9-7-2/h14,16,20-23,43H,6-13,15,17-19,24-41H2,1-5H3/b16-14-,22-20-,23-21-,44-42+. The predicted molar refractivity (Wildman–Crippen MR) is 209 cm³/mol. The highest BCUT2D eigenvalue weighted by Crippen LogP contribution is 2.18. The molecule has 0 aromatic rings. The lowest BCUT2D eigenvalue weighted by molar-refractivity contribution is 0.0424. The van der Waals surface area contributed by atoms with Crippen LogP contribution in [0.3, 0.4) is 0 Å². The van der Waals surface area contributed by atoms with Crippen LogP contribution in [0.1, 0.15) is 207 Å². The second kappa shape index (κ2) is 38.1. The van der Waals surface area contributed by atoms with Crippen molar-refractivity contribution in [2.24, 2.45) is 5.16 Å². The van der Waals surface area contributed by atoms with Crippen molar-refractivity contribution in [2.75, 3.05) is 20.6 Å². The number of allylic oxidation sites excluding steroid dienone is 6. The summed E-state index contributed by atoms with van der Waals surface area (Å²) in [6.07, 6.45) is 52.5. The van der Waals surface area contributed by atoms with E-state index in [0.717, 1.165) is 37.9 Å². The van der Waals surface area contributed by atoms with E-state index in [1.54, 1.807) is 0 Å². The molecule has 0 aliphatic rings. The Morgan fingerprint density at radius 3 is 1.35 bits per heavy atom. The Bertz CT molecular complexity index is 708. The van der Waals surface area contributed by atoms with Crippen molar-refractivity contribution in [1.82, 2.24) is 4.90 Å². The zero-order valence-corrected chi connectivity index (χ0v) is 32.1. The average molecular weight is 643 g/mol. The molecule has 0 N–H and O–H groups in total. The van der Waals surface area contributed by atoms with Gasteiger partial charge in [-0.2, -0.15) is 0 Å². The monoisotopic (exact) mass is 643 g/mol. The Labute approximate surface area is 290 Å². The average Bonchev–Trinajstić information content (AvgIpc) is 3.05. The van der Waals surface area contributed by atoms with Gasteiger partial charge in [0.2, 0.25) is 0 Å². The summed E-state index contributed by atoms with van der Waals surface area (Å²) in [6.45, 7) is 7.71. The Balaban J connectivity index is 4.01. The zero-order chi connectivity index (χ0) is 33.6. The number of hydrogen-bond acceptors (Lipinski definition) is 3. The molecule has 0 radical (unpaired) electrons. The van der Waals surface area contributed by atoms with Gasteiger partial charge in [-0.3, -0.25) is 0 Å². The topological polar surface area (TPSA) is 24.8 Å². The van der Waals surface area contributed by atoms with Crippen molar-refractivity contribution in [3.05, 3.63) is 36.5 Å². The van der Waals surface area contributed by atoms with Gasteiger partial charge < -0.3 is 9.74 Å². The van der Waals surface area contributed by atoms with Gasteiger partial charge in [0.05, 0.1) is 5.71 Å². The van der Waals surface area contributed by atoms with Crippen LogP contribution in [0.5, 0.6) is 0 Å². The van der Waals surface area contributed by atoms with E-state index in [1.165, 1.54) is 161 Å². The van der Waals surface area contributed by atoms with Crippen LogP contribution in [-0.2, 0) is 4.84 Å². The van der Waals surface area contributed by atoms with Crippen molar-refractivity contribution in [3.8, 4) is 0 Å². The van der Waals surface area contributed by atoms with Gasteiger partial charge in [0, 0.05) is 13.0 Å². The fourth-order valence-electron chi connectivity index (χ4n) is 5.83. The highest BCUT2D eigenvalue weighted by atomic mass is 16.6. The lowest BCUT2D eigenvalue weighted by Gasteiger charge is -2.16. The van der Waals surface area contributed by atoms with Crippen LogP contribution >= 0.6 is 0 Å². The molecule has 0 aliphatic heterocycles. The molecule has 0 heterocycles. The Morgan fingerprint density at radius 2 is 0.891 bits per heavy atom. The van der Waals surface area contributed by atoms with Crippen molar-refractivity contribution in [1.29, 1.82) is 0 Å². The fraction of sp³-hybridized carbons (Fsp3) is 0.837. The van der Waals surface area contributed by atoms with Gasteiger partial charge in [-0.25, -0.2) is 0 Å². The third-order valence-electron chi connectivity index (χ3n) is 9.04. The van der Waals surface area contributed by atoms with Gasteiger partial charge in [0.15, 0.2) is 0 Å². The summed E-state index contributed by atoms with van der Waals surface area (Å²) >= 11 is 0. The molecule has 3 nitrogen and oxygen atoms in total. The first kappa shape index (κ1) is 44.6. The van der Waals surface area contributed by atoms with Crippen molar-refractivity contribution in [2.45, 2.75) is 213 Å². The molecule has 0 saturated heterocycles. The van der Waals surface area contributed by atoms with Gasteiger partial charge in [0.1, 0.15) is 6.10 Å². The highest BCUT2D eigenvalue weighted by molar-refractivity contribution is 5.81. The van der Waals surface area contributed by atoms with Crippen molar-refractivity contribution in [3.63, 3.8) is 0 Å². The van der Waals surface area contributed by atoms with Crippen molar-refractivity contribution < 1.29 is 4.84 Å². The molecule has 0 spiro atoms. The van der Waals surface area contributed by atoms with Crippen LogP contribution in [0, 0.1) is 0 Å². The maximum atomic E-state index is 6.13. The Kier molecular flexibility index (Phi) is 37.0. The lowest BCUT2D eigenvalue weighted by atomic mass is 10.0. The largest absolute Gasteiger partial charge is 0.393 e. The minimum Gasteiger partial charge on any atom is -0.393 e. The number of hydrogen-bond donors (Lipinski definition) is 0. The molecule has 1 unspecified atom stereocenters. The number of rotatable bonds is 36. The molecular formula is C43H82N2O. The molecule has 0 rings (SSSR count). The maximum absolute atomic E-state index is 6.13. The van der Waals surface area contributed by atoms with Crippen LogP contribution in [0.15, 0.2) is 41.6 Å². The van der Waals surface area contributed by atoms with E-state index in [4.69, 9.17) is 4.84 Å². The van der Waals surface area contributed by atoms with Gasteiger partial charge >= 0.3 is 0 Å². The lowest BCUT2D eigenvalue weighted by Crippen LogP contribution is -2.16. The quantitative estimate of drug-likeness (QED) is 0.0294. The second-order valence-electron chi connectivity index (χ2n) is 14.2. The molecule has 0 bridgehead atoms. The highest BCUT2D eigenvalue weighted by Gasteiger charge is 2.10. The normalized spacial score (nSPS) is 13.3. The molecule has 46 heavy (non-hydrogen) atoms. The number of nitrogens with zero attached hydrogens (tertiary/aromatic N) is 2. The van der Waals surface area contributed by atoms with Gasteiger partial charge in [-0.05, 0) is 104 Å². The predicted octanol–water partition coefficient (Wildman–Crippen LogP) is 14.3. The first-order valence-corrected chi connectivity index (χ1v) is 20.4. The van der Waals surface area contributed by atoms with Gasteiger partial charge in [0.25, 0.3) is 0 Å². The first-order chi connectivity index (χ1) is 22.6. The van der Waals surface area contributed by atoms with Gasteiger partial charge in [-0.1, -0.05) is 152 Å². The van der Waals surface area contributed by atoms with E-state index in [9.17, 15) is 0 Å². The summed E-state index contributed by atoms with van der Waals surface area (Å²) in [5.74, 6) is 0. The maximum Gasteiger partial charge on any atom is 0.127 e. The Hall–Kier alpha value is -1.35. The molecule has 3 heteroatoms.